The molecule has 96 valence electrons. The lowest BCUT2D eigenvalue weighted by Gasteiger charge is -2.07. The van der Waals surface area contributed by atoms with Gasteiger partial charge in [0.2, 0.25) is 5.95 Å². The van der Waals surface area contributed by atoms with Gasteiger partial charge in [-0.15, -0.1) is 0 Å². The van der Waals surface area contributed by atoms with E-state index in [0.29, 0.717) is 24.7 Å². The molecule has 0 atom stereocenters. The van der Waals surface area contributed by atoms with Crippen LogP contribution in [0.4, 0.5) is 11.8 Å². The molecule has 0 spiro atoms. The monoisotopic (exact) mass is 258 g/mol. The molecule has 0 aromatic carbocycles. The molecule has 0 saturated carbocycles. The zero-order valence-electron chi connectivity index (χ0n) is 10.3. The molecule has 0 aliphatic carbocycles. The summed E-state index contributed by atoms with van der Waals surface area (Å²) in [5.41, 5.74) is 0.856. The van der Waals surface area contributed by atoms with Gasteiger partial charge in [-0.2, -0.15) is 4.98 Å². The molecule has 1 heterocycles. The van der Waals surface area contributed by atoms with Crippen LogP contribution < -0.4 is 10.6 Å². The summed E-state index contributed by atoms with van der Waals surface area (Å²) in [5, 5.41) is 5.94. The topological polar surface area (TPSA) is 84.0 Å². The van der Waals surface area contributed by atoms with Crippen LogP contribution in [0.2, 0.25) is 0 Å². The van der Waals surface area contributed by atoms with E-state index in [1.54, 1.807) is 7.05 Å². The molecule has 7 heteroatoms. The van der Waals surface area contributed by atoms with E-state index in [4.69, 9.17) is 0 Å². The highest BCUT2D eigenvalue weighted by Gasteiger charge is 2.03. The molecule has 0 saturated heterocycles. The number of anilines is 2. The first-order valence-corrected chi connectivity index (χ1v) is 7.42. The summed E-state index contributed by atoms with van der Waals surface area (Å²) >= 11 is 0. The van der Waals surface area contributed by atoms with Crippen LogP contribution >= 0.6 is 0 Å². The second-order valence-corrected chi connectivity index (χ2v) is 6.14. The summed E-state index contributed by atoms with van der Waals surface area (Å²) in [6.07, 6.45) is 1.80. The maximum Gasteiger partial charge on any atom is 0.224 e. The van der Waals surface area contributed by atoms with Gasteiger partial charge in [0.25, 0.3) is 0 Å². The third-order valence-corrected chi connectivity index (χ3v) is 3.11. The summed E-state index contributed by atoms with van der Waals surface area (Å²) in [6.45, 7) is 2.46. The average Bonchev–Trinajstić information content (AvgIpc) is 2.22. The number of nitrogens with zero attached hydrogens (tertiary/aromatic N) is 2. The van der Waals surface area contributed by atoms with Gasteiger partial charge in [-0.25, -0.2) is 13.4 Å². The van der Waals surface area contributed by atoms with Crippen molar-refractivity contribution < 1.29 is 8.42 Å². The average molecular weight is 258 g/mol. The lowest BCUT2D eigenvalue weighted by atomic mass is 10.4. The number of hydrogen-bond donors (Lipinski definition) is 2. The first kappa shape index (κ1) is 13.7. The molecule has 0 unspecified atom stereocenters. The predicted octanol–water partition coefficient (Wildman–Crippen LogP) is 0.673. The minimum absolute atomic E-state index is 0.183. The molecule has 0 amide bonds. The van der Waals surface area contributed by atoms with E-state index in [0.717, 1.165) is 5.69 Å². The Morgan fingerprint density at radius 1 is 1.35 bits per heavy atom. The molecule has 0 aliphatic rings. The van der Waals surface area contributed by atoms with Crippen LogP contribution in [0.25, 0.3) is 0 Å². The molecule has 0 bridgehead atoms. The smallest absolute Gasteiger partial charge is 0.224 e. The summed E-state index contributed by atoms with van der Waals surface area (Å²) in [6, 6.07) is 1.82. The van der Waals surface area contributed by atoms with Crippen LogP contribution in [0, 0.1) is 6.92 Å². The van der Waals surface area contributed by atoms with Crippen LogP contribution in [-0.4, -0.2) is 44.0 Å². The normalized spacial score (nSPS) is 11.2. The number of aromatic nitrogens is 2. The van der Waals surface area contributed by atoms with Gasteiger partial charge < -0.3 is 10.6 Å². The molecular weight excluding hydrogens is 240 g/mol. The maximum absolute atomic E-state index is 10.9. The van der Waals surface area contributed by atoms with Gasteiger partial charge in [-0.1, -0.05) is 0 Å². The third kappa shape index (κ3) is 5.48. The fourth-order valence-corrected chi connectivity index (χ4v) is 1.99. The molecular formula is C10H18N4O2S. The molecule has 2 N–H and O–H groups in total. The van der Waals surface area contributed by atoms with Crippen LogP contribution in [0.15, 0.2) is 6.07 Å². The highest BCUT2D eigenvalue weighted by Crippen LogP contribution is 2.08. The molecule has 17 heavy (non-hydrogen) atoms. The van der Waals surface area contributed by atoms with E-state index in [-0.39, 0.29) is 5.75 Å². The number of aryl methyl sites for hydroxylation is 1. The summed E-state index contributed by atoms with van der Waals surface area (Å²) in [5.74, 6) is 1.44. The van der Waals surface area contributed by atoms with Crippen molar-refractivity contribution in [2.24, 2.45) is 0 Å². The lowest BCUT2D eigenvalue weighted by Crippen LogP contribution is -2.11. The Balaban J connectivity index is 2.49. The molecule has 1 aromatic heterocycles. The maximum atomic E-state index is 10.9. The third-order valence-electron chi connectivity index (χ3n) is 2.08. The van der Waals surface area contributed by atoms with Gasteiger partial charge in [-0.3, -0.25) is 0 Å². The Labute approximate surface area is 102 Å². The number of nitrogens with one attached hydrogen (secondary N) is 2. The minimum Gasteiger partial charge on any atom is -0.370 e. The van der Waals surface area contributed by atoms with Crippen molar-refractivity contribution >= 4 is 21.6 Å². The molecule has 6 nitrogen and oxygen atoms in total. The predicted molar refractivity (Wildman–Crippen MR) is 69.1 cm³/mol. The summed E-state index contributed by atoms with van der Waals surface area (Å²) in [4.78, 5) is 8.36. The zero-order valence-corrected chi connectivity index (χ0v) is 11.1. The first-order valence-electron chi connectivity index (χ1n) is 5.36. The Morgan fingerprint density at radius 2 is 2.06 bits per heavy atom. The van der Waals surface area contributed by atoms with E-state index in [9.17, 15) is 8.42 Å². The van der Waals surface area contributed by atoms with Crippen molar-refractivity contribution in [2.75, 3.05) is 36.2 Å². The highest BCUT2D eigenvalue weighted by atomic mass is 32.2. The summed E-state index contributed by atoms with van der Waals surface area (Å²) < 4.78 is 21.9. The van der Waals surface area contributed by atoms with Crippen molar-refractivity contribution in [3.63, 3.8) is 0 Å². The fourth-order valence-electron chi connectivity index (χ4n) is 1.32. The van der Waals surface area contributed by atoms with Crippen LogP contribution in [0.1, 0.15) is 12.1 Å². The van der Waals surface area contributed by atoms with E-state index < -0.39 is 9.84 Å². The van der Waals surface area contributed by atoms with Gasteiger partial charge in [0, 0.05) is 31.6 Å². The Morgan fingerprint density at radius 3 is 2.65 bits per heavy atom. The van der Waals surface area contributed by atoms with Crippen molar-refractivity contribution in [1.29, 1.82) is 0 Å². The molecule has 0 fully saturated rings. The summed E-state index contributed by atoms with van der Waals surface area (Å²) in [7, 11) is -1.13. The van der Waals surface area contributed by atoms with E-state index in [2.05, 4.69) is 20.6 Å². The van der Waals surface area contributed by atoms with E-state index in [1.165, 1.54) is 6.26 Å². The van der Waals surface area contributed by atoms with Gasteiger partial charge in [0.1, 0.15) is 15.7 Å². The van der Waals surface area contributed by atoms with E-state index >= 15 is 0 Å². The number of sulfone groups is 1. The number of rotatable bonds is 6. The van der Waals surface area contributed by atoms with Crippen molar-refractivity contribution in [2.45, 2.75) is 13.3 Å². The van der Waals surface area contributed by atoms with Gasteiger partial charge in [0.05, 0.1) is 5.75 Å². The quantitative estimate of drug-likeness (QED) is 0.730. The SMILES string of the molecule is CNc1nc(C)cc(NCCCS(C)(=O)=O)n1. The zero-order chi connectivity index (χ0) is 12.9. The second kappa shape index (κ2) is 5.81. The van der Waals surface area contributed by atoms with Crippen molar-refractivity contribution in [3.05, 3.63) is 11.8 Å². The standard InChI is InChI=1S/C10H18N4O2S/c1-8-7-9(14-10(11-2)13-8)12-5-4-6-17(3,15)16/h7H,4-6H2,1-3H3,(H2,11,12,13,14). The van der Waals surface area contributed by atoms with E-state index in [1.807, 2.05) is 13.0 Å². The van der Waals surface area contributed by atoms with Crippen molar-refractivity contribution in [1.82, 2.24) is 9.97 Å². The Bertz CT molecular complexity index is 473. The second-order valence-electron chi connectivity index (χ2n) is 3.88. The number of hydrogen-bond acceptors (Lipinski definition) is 6. The van der Waals surface area contributed by atoms with Crippen molar-refractivity contribution in [3.8, 4) is 0 Å². The Kier molecular flexibility index (Phi) is 4.68. The van der Waals surface area contributed by atoms with Crippen LogP contribution in [-0.2, 0) is 9.84 Å². The molecule has 1 aromatic rings. The first-order chi connectivity index (χ1) is 7.90. The fraction of sp³-hybridized carbons (Fsp3) is 0.600. The Hall–Kier alpha value is -1.37. The van der Waals surface area contributed by atoms with Gasteiger partial charge >= 0.3 is 0 Å². The minimum atomic E-state index is -2.88. The lowest BCUT2D eigenvalue weighted by molar-refractivity contribution is 0.600. The highest BCUT2D eigenvalue weighted by molar-refractivity contribution is 7.90. The van der Waals surface area contributed by atoms with Gasteiger partial charge in [-0.05, 0) is 13.3 Å². The molecule has 0 radical (unpaired) electrons. The van der Waals surface area contributed by atoms with Gasteiger partial charge in [0.15, 0.2) is 0 Å². The molecule has 1 rings (SSSR count). The largest absolute Gasteiger partial charge is 0.370 e. The van der Waals surface area contributed by atoms with Crippen LogP contribution in [0.3, 0.4) is 0 Å². The van der Waals surface area contributed by atoms with Crippen LogP contribution in [0.5, 0.6) is 0 Å². The molecule has 0 aliphatic heterocycles.